The summed E-state index contributed by atoms with van der Waals surface area (Å²) in [6, 6.07) is 4.86. The van der Waals surface area contributed by atoms with Crippen molar-refractivity contribution < 1.29 is 4.74 Å². The largest absolute Gasteiger partial charge is 0.436 e. The summed E-state index contributed by atoms with van der Waals surface area (Å²) in [7, 11) is 0. The van der Waals surface area contributed by atoms with Crippen molar-refractivity contribution in [3.05, 3.63) is 49.9 Å². The van der Waals surface area contributed by atoms with E-state index in [2.05, 4.69) is 9.97 Å². The van der Waals surface area contributed by atoms with E-state index in [-0.39, 0.29) is 21.7 Å². The lowest BCUT2D eigenvalue weighted by atomic mass is 10.3. The minimum absolute atomic E-state index is 0.0282. The molecule has 0 fully saturated rings. The molecule has 2 rings (SSSR count). The highest BCUT2D eigenvalue weighted by atomic mass is 35.5. The summed E-state index contributed by atoms with van der Waals surface area (Å²) in [5.74, 6) is 0.249. The summed E-state index contributed by atoms with van der Waals surface area (Å²) in [6.07, 6.45) is 1.18. The first-order valence-corrected chi connectivity index (χ1v) is 5.58. The Balaban J connectivity index is 2.42. The number of ether oxygens (including phenoxy) is 1. The van der Waals surface area contributed by atoms with Crippen LogP contribution in [0.3, 0.4) is 0 Å². The Kier molecular flexibility index (Phi) is 3.57. The first-order chi connectivity index (χ1) is 8.09. The van der Waals surface area contributed by atoms with Crippen LogP contribution < -0.4 is 10.3 Å². The number of aromatic amines is 1. The molecule has 1 aromatic carbocycles. The fraction of sp³-hybridized carbons (Fsp3) is 0. The lowest BCUT2D eigenvalue weighted by Crippen LogP contribution is -2.07. The van der Waals surface area contributed by atoms with Gasteiger partial charge in [0.1, 0.15) is 10.8 Å². The SMILES string of the molecule is O=c1[nH]cnc(Oc2cccc(Cl)c2Cl)c1Cl. The van der Waals surface area contributed by atoms with Gasteiger partial charge in [-0.2, -0.15) is 0 Å². The van der Waals surface area contributed by atoms with Crippen LogP contribution in [0.25, 0.3) is 0 Å². The molecule has 88 valence electrons. The van der Waals surface area contributed by atoms with Gasteiger partial charge in [0.15, 0.2) is 5.02 Å². The molecule has 1 aromatic heterocycles. The van der Waals surface area contributed by atoms with Gasteiger partial charge in [-0.25, -0.2) is 4.98 Å². The van der Waals surface area contributed by atoms with E-state index >= 15 is 0 Å². The lowest BCUT2D eigenvalue weighted by molar-refractivity contribution is 0.461. The molecule has 0 aliphatic heterocycles. The van der Waals surface area contributed by atoms with Crippen molar-refractivity contribution >= 4 is 34.8 Å². The van der Waals surface area contributed by atoms with Crippen molar-refractivity contribution in [3.8, 4) is 11.6 Å². The van der Waals surface area contributed by atoms with Crippen molar-refractivity contribution in [3.63, 3.8) is 0 Å². The standard InChI is InChI=1S/C10H5Cl3N2O2/c11-5-2-1-3-6(7(5)12)17-10-8(13)9(16)14-4-15-10/h1-4H,(H,14,15,16). The van der Waals surface area contributed by atoms with Gasteiger partial charge in [0.25, 0.3) is 5.56 Å². The van der Waals surface area contributed by atoms with E-state index in [0.717, 1.165) is 0 Å². The highest BCUT2D eigenvalue weighted by Gasteiger charge is 2.11. The average molecular weight is 292 g/mol. The van der Waals surface area contributed by atoms with Crippen LogP contribution in [0.2, 0.25) is 15.1 Å². The number of hydrogen-bond donors (Lipinski definition) is 1. The number of benzene rings is 1. The van der Waals surface area contributed by atoms with Gasteiger partial charge in [0, 0.05) is 0 Å². The van der Waals surface area contributed by atoms with Gasteiger partial charge in [0.2, 0.25) is 5.88 Å². The molecule has 4 nitrogen and oxygen atoms in total. The van der Waals surface area contributed by atoms with Crippen molar-refractivity contribution in [2.24, 2.45) is 0 Å². The van der Waals surface area contributed by atoms with Crippen LogP contribution >= 0.6 is 34.8 Å². The normalized spacial score (nSPS) is 10.3. The average Bonchev–Trinajstić information content (AvgIpc) is 2.31. The number of hydrogen-bond acceptors (Lipinski definition) is 3. The molecule has 0 atom stereocenters. The summed E-state index contributed by atoms with van der Waals surface area (Å²) in [6.45, 7) is 0. The van der Waals surface area contributed by atoms with Crippen molar-refractivity contribution in [2.75, 3.05) is 0 Å². The van der Waals surface area contributed by atoms with E-state index in [1.54, 1.807) is 18.2 Å². The summed E-state index contributed by atoms with van der Waals surface area (Å²) in [4.78, 5) is 17.3. The summed E-state index contributed by atoms with van der Waals surface area (Å²) in [5.41, 5.74) is -0.491. The zero-order chi connectivity index (χ0) is 12.4. The van der Waals surface area contributed by atoms with Gasteiger partial charge in [-0.1, -0.05) is 40.9 Å². The molecule has 7 heteroatoms. The second-order valence-electron chi connectivity index (χ2n) is 3.00. The molecule has 0 saturated heterocycles. The molecule has 0 spiro atoms. The lowest BCUT2D eigenvalue weighted by Gasteiger charge is -2.07. The second kappa shape index (κ2) is 4.96. The van der Waals surface area contributed by atoms with Crippen LogP contribution in [0, 0.1) is 0 Å². The minimum atomic E-state index is -0.491. The van der Waals surface area contributed by atoms with E-state index in [0.29, 0.717) is 5.02 Å². The molecular weight excluding hydrogens is 286 g/mol. The molecule has 2 aromatic rings. The Morgan fingerprint density at radius 3 is 2.71 bits per heavy atom. The highest BCUT2D eigenvalue weighted by molar-refractivity contribution is 6.42. The molecule has 0 radical (unpaired) electrons. The van der Waals surface area contributed by atoms with E-state index in [1.165, 1.54) is 6.33 Å². The van der Waals surface area contributed by atoms with Crippen LogP contribution in [0.1, 0.15) is 0 Å². The third-order valence-electron chi connectivity index (χ3n) is 1.89. The van der Waals surface area contributed by atoms with Crippen LogP contribution in [0.15, 0.2) is 29.3 Å². The van der Waals surface area contributed by atoms with Gasteiger partial charge in [-0.3, -0.25) is 4.79 Å². The van der Waals surface area contributed by atoms with Crippen LogP contribution in [0.5, 0.6) is 11.6 Å². The maximum atomic E-state index is 11.2. The van der Waals surface area contributed by atoms with E-state index in [9.17, 15) is 4.79 Å². The third kappa shape index (κ3) is 2.54. The topological polar surface area (TPSA) is 55.0 Å². The number of H-pyrrole nitrogens is 1. The number of nitrogens with zero attached hydrogens (tertiary/aromatic N) is 1. The molecule has 1 heterocycles. The number of aromatic nitrogens is 2. The Morgan fingerprint density at radius 2 is 1.94 bits per heavy atom. The monoisotopic (exact) mass is 290 g/mol. The molecule has 0 saturated carbocycles. The quantitative estimate of drug-likeness (QED) is 0.921. The summed E-state index contributed by atoms with van der Waals surface area (Å²) >= 11 is 17.5. The minimum Gasteiger partial charge on any atom is -0.436 e. The zero-order valence-corrected chi connectivity index (χ0v) is 10.5. The van der Waals surface area contributed by atoms with E-state index < -0.39 is 5.56 Å². The second-order valence-corrected chi connectivity index (χ2v) is 4.17. The summed E-state index contributed by atoms with van der Waals surface area (Å²) < 4.78 is 5.32. The van der Waals surface area contributed by atoms with Crippen molar-refractivity contribution in [1.29, 1.82) is 0 Å². The molecule has 1 N–H and O–H groups in total. The molecule has 0 aliphatic rings. The molecule has 0 amide bonds. The first-order valence-electron chi connectivity index (χ1n) is 4.44. The third-order valence-corrected chi connectivity index (χ3v) is 3.02. The maximum Gasteiger partial charge on any atom is 0.273 e. The van der Waals surface area contributed by atoms with Crippen molar-refractivity contribution in [1.82, 2.24) is 9.97 Å². The highest BCUT2D eigenvalue weighted by Crippen LogP contribution is 2.34. The molecule has 17 heavy (non-hydrogen) atoms. The van der Waals surface area contributed by atoms with Crippen LogP contribution in [0.4, 0.5) is 0 Å². The fourth-order valence-electron chi connectivity index (χ4n) is 1.10. The predicted octanol–water partition coefficient (Wildman–Crippen LogP) is 3.52. The van der Waals surface area contributed by atoms with Gasteiger partial charge in [0.05, 0.1) is 11.3 Å². The number of halogens is 3. The first kappa shape index (κ1) is 12.2. The number of rotatable bonds is 2. The molecule has 0 bridgehead atoms. The fourth-order valence-corrected chi connectivity index (χ4v) is 1.58. The van der Waals surface area contributed by atoms with Crippen LogP contribution in [-0.4, -0.2) is 9.97 Å². The van der Waals surface area contributed by atoms with Gasteiger partial charge in [-0.05, 0) is 12.1 Å². The smallest absolute Gasteiger partial charge is 0.273 e. The van der Waals surface area contributed by atoms with E-state index in [1.807, 2.05) is 0 Å². The Morgan fingerprint density at radius 1 is 1.18 bits per heavy atom. The molecule has 0 unspecified atom stereocenters. The van der Waals surface area contributed by atoms with Gasteiger partial charge < -0.3 is 9.72 Å². The van der Waals surface area contributed by atoms with Gasteiger partial charge >= 0.3 is 0 Å². The van der Waals surface area contributed by atoms with Crippen LogP contribution in [-0.2, 0) is 0 Å². The zero-order valence-electron chi connectivity index (χ0n) is 8.21. The molecule has 0 aliphatic carbocycles. The molecular formula is C10H5Cl3N2O2. The Labute approximate surface area is 111 Å². The van der Waals surface area contributed by atoms with Gasteiger partial charge in [-0.15, -0.1) is 0 Å². The van der Waals surface area contributed by atoms with E-state index in [4.69, 9.17) is 39.5 Å². The Hall–Kier alpha value is -1.23. The Bertz CT molecular complexity index is 613. The summed E-state index contributed by atoms with van der Waals surface area (Å²) in [5, 5.41) is 0.418. The predicted molar refractivity (Wildman–Crippen MR) is 66.4 cm³/mol. The number of nitrogens with one attached hydrogen (secondary N) is 1. The maximum absolute atomic E-state index is 11.2. The van der Waals surface area contributed by atoms with Crippen molar-refractivity contribution in [2.45, 2.75) is 0 Å².